The second kappa shape index (κ2) is 3.52. The normalized spacial score (nSPS) is 10.3. The van der Waals surface area contributed by atoms with Gasteiger partial charge in [0.15, 0.2) is 5.15 Å². The van der Waals surface area contributed by atoms with Crippen LogP contribution in [0.1, 0.15) is 0 Å². The molecule has 0 spiro atoms. The Morgan fingerprint density at radius 3 is 2.77 bits per heavy atom. The smallest absolute Gasteiger partial charge is 0.151 e. The highest BCUT2D eigenvalue weighted by Gasteiger charge is 1.98. The average molecular weight is 258 g/mol. The van der Waals surface area contributed by atoms with Crippen molar-refractivity contribution >= 4 is 27.5 Å². The molecule has 2 nitrogen and oxygen atoms in total. The van der Waals surface area contributed by atoms with Gasteiger partial charge in [0.05, 0.1) is 5.69 Å². The molecule has 0 aliphatic carbocycles. The molecule has 0 saturated heterocycles. The van der Waals surface area contributed by atoms with Gasteiger partial charge in [-0.05, 0) is 24.3 Å². The van der Waals surface area contributed by atoms with Crippen LogP contribution in [0.25, 0.3) is 5.69 Å². The summed E-state index contributed by atoms with van der Waals surface area (Å²) in [5.41, 5.74) is 0.987. The highest BCUT2D eigenvalue weighted by Crippen LogP contribution is 2.15. The van der Waals surface area contributed by atoms with Crippen LogP contribution in [0.2, 0.25) is 5.15 Å². The minimum atomic E-state index is 0.500. The Hall–Kier alpha value is -0.800. The molecule has 0 bridgehead atoms. The molecule has 0 amide bonds. The van der Waals surface area contributed by atoms with Crippen LogP contribution in [0.3, 0.4) is 0 Å². The zero-order valence-electron chi connectivity index (χ0n) is 6.61. The molecule has 2 rings (SSSR count). The summed E-state index contributed by atoms with van der Waals surface area (Å²) < 4.78 is 2.75. The summed E-state index contributed by atoms with van der Waals surface area (Å²) in [6, 6.07) is 9.61. The second-order valence-electron chi connectivity index (χ2n) is 2.56. The number of hydrogen-bond donors (Lipinski definition) is 0. The Morgan fingerprint density at radius 2 is 2.15 bits per heavy atom. The highest BCUT2D eigenvalue weighted by atomic mass is 79.9. The van der Waals surface area contributed by atoms with Gasteiger partial charge in [0, 0.05) is 10.7 Å². The maximum absolute atomic E-state index is 5.71. The van der Waals surface area contributed by atoms with Crippen LogP contribution >= 0.6 is 27.5 Å². The molecule has 1 aromatic heterocycles. The van der Waals surface area contributed by atoms with Gasteiger partial charge in [0.25, 0.3) is 0 Å². The van der Waals surface area contributed by atoms with E-state index in [0.717, 1.165) is 10.2 Å². The van der Waals surface area contributed by atoms with E-state index in [1.807, 2.05) is 30.5 Å². The van der Waals surface area contributed by atoms with Crippen molar-refractivity contribution in [1.29, 1.82) is 0 Å². The van der Waals surface area contributed by atoms with E-state index in [9.17, 15) is 0 Å². The lowest BCUT2D eigenvalue weighted by atomic mass is 10.3. The van der Waals surface area contributed by atoms with Gasteiger partial charge in [-0.25, -0.2) is 4.68 Å². The Balaban J connectivity index is 2.46. The molecule has 13 heavy (non-hydrogen) atoms. The van der Waals surface area contributed by atoms with Crippen LogP contribution in [0.15, 0.2) is 41.0 Å². The minimum absolute atomic E-state index is 0.500. The first-order chi connectivity index (χ1) is 6.25. The predicted molar refractivity (Wildman–Crippen MR) is 56.3 cm³/mol. The Kier molecular flexibility index (Phi) is 2.38. The summed E-state index contributed by atoms with van der Waals surface area (Å²) in [6.45, 7) is 0. The zero-order chi connectivity index (χ0) is 9.26. The van der Waals surface area contributed by atoms with Crippen LogP contribution in [0.5, 0.6) is 0 Å². The molecule has 1 aromatic carbocycles. The lowest BCUT2D eigenvalue weighted by Gasteiger charge is -2.00. The van der Waals surface area contributed by atoms with Crippen molar-refractivity contribution in [3.8, 4) is 5.69 Å². The fraction of sp³-hybridized carbons (Fsp3) is 0. The summed E-state index contributed by atoms with van der Waals surface area (Å²) in [5.74, 6) is 0. The number of benzene rings is 1. The fourth-order valence-electron chi connectivity index (χ4n) is 1.06. The highest BCUT2D eigenvalue weighted by molar-refractivity contribution is 9.10. The van der Waals surface area contributed by atoms with Crippen molar-refractivity contribution in [3.05, 3.63) is 46.2 Å². The van der Waals surface area contributed by atoms with E-state index in [1.165, 1.54) is 0 Å². The molecule has 0 aliphatic rings. The lowest BCUT2D eigenvalue weighted by molar-refractivity contribution is 0.880. The van der Waals surface area contributed by atoms with Gasteiger partial charge in [-0.1, -0.05) is 33.6 Å². The number of rotatable bonds is 1. The van der Waals surface area contributed by atoms with Crippen LogP contribution < -0.4 is 0 Å². The summed E-state index contributed by atoms with van der Waals surface area (Å²) in [6.07, 6.45) is 1.82. The van der Waals surface area contributed by atoms with Gasteiger partial charge in [-0.15, -0.1) is 0 Å². The Morgan fingerprint density at radius 1 is 1.31 bits per heavy atom. The minimum Gasteiger partial charge on any atom is -0.239 e. The molecule has 1 heterocycles. The van der Waals surface area contributed by atoms with Gasteiger partial charge in [-0.3, -0.25) is 0 Å². The predicted octanol–water partition coefficient (Wildman–Crippen LogP) is 3.29. The molecule has 4 heteroatoms. The molecular weight excluding hydrogens is 251 g/mol. The summed E-state index contributed by atoms with van der Waals surface area (Å²) in [5, 5.41) is 4.58. The zero-order valence-corrected chi connectivity index (χ0v) is 8.96. The van der Waals surface area contributed by atoms with Gasteiger partial charge < -0.3 is 0 Å². The van der Waals surface area contributed by atoms with Crippen LogP contribution in [-0.4, -0.2) is 9.78 Å². The van der Waals surface area contributed by atoms with E-state index >= 15 is 0 Å². The monoisotopic (exact) mass is 256 g/mol. The first-order valence-electron chi connectivity index (χ1n) is 3.73. The molecule has 0 unspecified atom stereocenters. The van der Waals surface area contributed by atoms with E-state index in [-0.39, 0.29) is 0 Å². The standard InChI is InChI=1S/C9H6BrClN2/c10-7-2-1-3-8(6-7)13-5-4-9(11)12-13/h1-6H. The van der Waals surface area contributed by atoms with E-state index in [4.69, 9.17) is 11.6 Å². The van der Waals surface area contributed by atoms with Crippen LogP contribution in [0.4, 0.5) is 0 Å². The molecular formula is C9H6BrClN2. The molecule has 0 atom stereocenters. The topological polar surface area (TPSA) is 17.8 Å². The average Bonchev–Trinajstić information content (AvgIpc) is 2.52. The van der Waals surface area contributed by atoms with Crippen molar-refractivity contribution in [2.75, 3.05) is 0 Å². The summed E-state index contributed by atoms with van der Waals surface area (Å²) >= 11 is 9.10. The molecule has 0 saturated carbocycles. The van der Waals surface area contributed by atoms with Crippen LogP contribution in [0, 0.1) is 0 Å². The van der Waals surface area contributed by atoms with Gasteiger partial charge in [-0.2, -0.15) is 5.10 Å². The number of nitrogens with zero attached hydrogens (tertiary/aromatic N) is 2. The van der Waals surface area contributed by atoms with Gasteiger partial charge in [0.1, 0.15) is 0 Å². The fourth-order valence-corrected chi connectivity index (χ4v) is 1.59. The van der Waals surface area contributed by atoms with E-state index in [0.29, 0.717) is 5.15 Å². The van der Waals surface area contributed by atoms with Crippen molar-refractivity contribution in [1.82, 2.24) is 9.78 Å². The molecule has 66 valence electrons. The molecule has 0 fully saturated rings. The van der Waals surface area contributed by atoms with Crippen LogP contribution in [-0.2, 0) is 0 Å². The second-order valence-corrected chi connectivity index (χ2v) is 3.87. The molecule has 0 N–H and O–H groups in total. The van der Waals surface area contributed by atoms with Crippen molar-refractivity contribution in [3.63, 3.8) is 0 Å². The SMILES string of the molecule is Clc1ccn(-c2cccc(Br)c2)n1. The van der Waals surface area contributed by atoms with Gasteiger partial charge >= 0.3 is 0 Å². The van der Waals surface area contributed by atoms with Gasteiger partial charge in [0.2, 0.25) is 0 Å². The van der Waals surface area contributed by atoms with E-state index in [2.05, 4.69) is 21.0 Å². The third-order valence-corrected chi connectivity index (χ3v) is 2.32. The third kappa shape index (κ3) is 1.92. The Bertz CT molecular complexity index is 425. The van der Waals surface area contributed by atoms with E-state index in [1.54, 1.807) is 10.7 Å². The summed E-state index contributed by atoms with van der Waals surface area (Å²) in [7, 11) is 0. The molecule has 0 radical (unpaired) electrons. The lowest BCUT2D eigenvalue weighted by Crippen LogP contribution is -1.93. The quantitative estimate of drug-likeness (QED) is 0.766. The third-order valence-electron chi connectivity index (χ3n) is 1.63. The maximum Gasteiger partial charge on any atom is 0.151 e. The first-order valence-corrected chi connectivity index (χ1v) is 4.90. The molecule has 2 aromatic rings. The van der Waals surface area contributed by atoms with Crippen molar-refractivity contribution < 1.29 is 0 Å². The Labute approximate surface area is 89.3 Å². The largest absolute Gasteiger partial charge is 0.239 e. The van der Waals surface area contributed by atoms with Crippen molar-refractivity contribution in [2.45, 2.75) is 0 Å². The van der Waals surface area contributed by atoms with E-state index < -0.39 is 0 Å². The number of aromatic nitrogens is 2. The number of hydrogen-bond acceptors (Lipinski definition) is 1. The van der Waals surface area contributed by atoms with Crippen molar-refractivity contribution in [2.24, 2.45) is 0 Å². The maximum atomic E-state index is 5.71. The number of halogens is 2. The summed E-state index contributed by atoms with van der Waals surface area (Å²) in [4.78, 5) is 0. The molecule has 0 aliphatic heterocycles. The first kappa shape index (κ1) is 8.78.